The van der Waals surface area contributed by atoms with E-state index in [0.29, 0.717) is 16.8 Å². The van der Waals surface area contributed by atoms with Gasteiger partial charge in [0.2, 0.25) is 0 Å². The number of benzene rings is 1. The third-order valence-corrected chi connectivity index (χ3v) is 4.38. The van der Waals surface area contributed by atoms with Crippen LogP contribution < -0.4 is 15.6 Å². The molecule has 3 aromatic rings. The Hall–Kier alpha value is -3.15. The maximum atomic E-state index is 12.6. The average Bonchev–Trinajstić information content (AvgIpc) is 2.59. The number of methoxy groups -OCH3 is 1. The second-order valence-corrected chi connectivity index (χ2v) is 6.31. The molecule has 6 heteroatoms. The molecule has 0 aliphatic rings. The van der Waals surface area contributed by atoms with Crippen LogP contribution in [0.5, 0.6) is 5.75 Å². The van der Waals surface area contributed by atoms with E-state index in [2.05, 4.69) is 15.3 Å². The Balaban J connectivity index is 1.86. The quantitative estimate of drug-likeness (QED) is 0.757. The van der Waals surface area contributed by atoms with E-state index in [-0.39, 0.29) is 18.0 Å². The first-order valence-corrected chi connectivity index (χ1v) is 8.32. The molecular weight excluding hydrogens is 330 g/mol. The molecule has 0 atom stereocenters. The number of H-pyrrole nitrogens is 1. The van der Waals surface area contributed by atoms with Crippen LogP contribution >= 0.6 is 0 Å². The number of hydrogen-bond donors (Lipinski definition) is 2. The van der Waals surface area contributed by atoms with Crippen molar-refractivity contribution >= 4 is 16.8 Å². The zero-order valence-electron chi connectivity index (χ0n) is 15.3. The van der Waals surface area contributed by atoms with Crippen LogP contribution in [0, 0.1) is 20.8 Å². The highest BCUT2D eigenvalue weighted by molar-refractivity contribution is 5.98. The summed E-state index contributed by atoms with van der Waals surface area (Å²) in [7, 11) is 1.60. The second kappa shape index (κ2) is 7.00. The second-order valence-electron chi connectivity index (χ2n) is 6.31. The van der Waals surface area contributed by atoms with Crippen molar-refractivity contribution in [2.24, 2.45) is 0 Å². The third-order valence-electron chi connectivity index (χ3n) is 4.38. The average molecular weight is 351 g/mol. The van der Waals surface area contributed by atoms with Gasteiger partial charge in [0, 0.05) is 29.3 Å². The van der Waals surface area contributed by atoms with E-state index in [9.17, 15) is 9.59 Å². The highest BCUT2D eigenvalue weighted by Crippen LogP contribution is 2.21. The Morgan fingerprint density at radius 1 is 1.19 bits per heavy atom. The first kappa shape index (κ1) is 17.7. The van der Waals surface area contributed by atoms with Crippen LogP contribution in [0.15, 0.2) is 35.1 Å². The van der Waals surface area contributed by atoms with Gasteiger partial charge >= 0.3 is 0 Å². The van der Waals surface area contributed by atoms with Crippen LogP contribution in [0.1, 0.15) is 32.9 Å². The number of ether oxygens (including phenoxy) is 1. The van der Waals surface area contributed by atoms with E-state index in [1.54, 1.807) is 20.1 Å². The fourth-order valence-corrected chi connectivity index (χ4v) is 2.97. The van der Waals surface area contributed by atoms with E-state index in [1.807, 2.05) is 38.1 Å². The van der Waals surface area contributed by atoms with Crippen LogP contribution in [0.25, 0.3) is 10.9 Å². The molecule has 0 saturated carbocycles. The molecule has 0 saturated heterocycles. The molecule has 1 amide bonds. The van der Waals surface area contributed by atoms with E-state index < -0.39 is 0 Å². The topological polar surface area (TPSA) is 84.1 Å². The number of aromatic nitrogens is 2. The number of hydrogen-bond acceptors (Lipinski definition) is 4. The molecule has 26 heavy (non-hydrogen) atoms. The van der Waals surface area contributed by atoms with E-state index in [1.165, 1.54) is 0 Å². The van der Waals surface area contributed by atoms with Gasteiger partial charge in [-0.25, -0.2) is 0 Å². The molecule has 0 aliphatic heterocycles. The summed E-state index contributed by atoms with van der Waals surface area (Å²) in [5.41, 5.74) is 3.91. The molecule has 0 bridgehead atoms. The number of carbonyl (C=O) groups excluding carboxylic acids is 1. The van der Waals surface area contributed by atoms with Crippen molar-refractivity contribution in [3.8, 4) is 5.75 Å². The minimum Gasteiger partial charge on any atom is -0.497 e. The number of nitrogens with one attached hydrogen (secondary N) is 2. The Morgan fingerprint density at radius 3 is 2.65 bits per heavy atom. The van der Waals surface area contributed by atoms with E-state index in [4.69, 9.17) is 4.74 Å². The lowest BCUT2D eigenvalue weighted by Gasteiger charge is -2.11. The molecule has 0 fully saturated rings. The number of amides is 1. The lowest BCUT2D eigenvalue weighted by molar-refractivity contribution is 0.0950. The zero-order chi connectivity index (χ0) is 18.8. The number of aromatic amines is 1. The summed E-state index contributed by atoms with van der Waals surface area (Å²) in [4.78, 5) is 31.9. The van der Waals surface area contributed by atoms with Crippen molar-refractivity contribution in [2.75, 3.05) is 7.11 Å². The summed E-state index contributed by atoms with van der Waals surface area (Å²) in [5.74, 6) is 0.461. The fourth-order valence-electron chi connectivity index (χ4n) is 2.97. The summed E-state index contributed by atoms with van der Waals surface area (Å²) in [5, 5.41) is 3.67. The van der Waals surface area contributed by atoms with Gasteiger partial charge in [0.1, 0.15) is 5.75 Å². The number of pyridine rings is 2. The lowest BCUT2D eigenvalue weighted by atomic mass is 10.1. The van der Waals surface area contributed by atoms with Crippen molar-refractivity contribution in [3.05, 3.63) is 68.8 Å². The van der Waals surface area contributed by atoms with Gasteiger partial charge in [-0.15, -0.1) is 0 Å². The van der Waals surface area contributed by atoms with E-state index >= 15 is 0 Å². The van der Waals surface area contributed by atoms with Crippen LogP contribution in [-0.4, -0.2) is 23.0 Å². The Bertz CT molecular complexity index is 1050. The third kappa shape index (κ3) is 3.44. The summed E-state index contributed by atoms with van der Waals surface area (Å²) >= 11 is 0. The Labute approximate surface area is 151 Å². The van der Waals surface area contributed by atoms with Crippen molar-refractivity contribution in [1.29, 1.82) is 0 Å². The van der Waals surface area contributed by atoms with Gasteiger partial charge in [-0.2, -0.15) is 0 Å². The molecular formula is C20H21N3O3. The molecule has 0 aliphatic carbocycles. The molecule has 0 spiro atoms. The maximum Gasteiger partial charge on any atom is 0.253 e. The largest absolute Gasteiger partial charge is 0.497 e. The first-order chi connectivity index (χ1) is 12.4. The summed E-state index contributed by atoms with van der Waals surface area (Å²) in [6, 6.07) is 9.22. The van der Waals surface area contributed by atoms with Gasteiger partial charge < -0.3 is 15.0 Å². The first-order valence-electron chi connectivity index (χ1n) is 8.32. The molecule has 0 unspecified atom stereocenters. The van der Waals surface area contributed by atoms with Gasteiger partial charge in [0.25, 0.3) is 11.5 Å². The highest BCUT2D eigenvalue weighted by Gasteiger charge is 2.13. The maximum absolute atomic E-state index is 12.6. The highest BCUT2D eigenvalue weighted by atomic mass is 16.5. The molecule has 3 rings (SSSR count). The monoisotopic (exact) mass is 351 g/mol. The zero-order valence-corrected chi connectivity index (χ0v) is 15.3. The minimum atomic E-state index is -0.257. The summed E-state index contributed by atoms with van der Waals surface area (Å²) in [6.45, 7) is 5.65. The molecule has 6 nitrogen and oxygen atoms in total. The van der Waals surface area contributed by atoms with Crippen LogP contribution in [-0.2, 0) is 6.54 Å². The van der Waals surface area contributed by atoms with Crippen LogP contribution in [0.4, 0.5) is 0 Å². The van der Waals surface area contributed by atoms with Crippen molar-refractivity contribution < 1.29 is 9.53 Å². The van der Waals surface area contributed by atoms with E-state index in [0.717, 1.165) is 27.9 Å². The van der Waals surface area contributed by atoms with Gasteiger partial charge in [0.05, 0.1) is 23.9 Å². The van der Waals surface area contributed by atoms with Crippen molar-refractivity contribution in [3.63, 3.8) is 0 Å². The predicted octanol–water partition coefficient (Wildman–Crippen LogP) is 2.79. The molecule has 134 valence electrons. The lowest BCUT2D eigenvalue weighted by Crippen LogP contribution is -2.28. The normalized spacial score (nSPS) is 10.8. The fraction of sp³-hybridized carbons (Fsp3) is 0.250. The summed E-state index contributed by atoms with van der Waals surface area (Å²) < 4.78 is 5.21. The smallest absolute Gasteiger partial charge is 0.253 e. The number of aryl methyl sites for hydroxylation is 3. The standard InChI is InChI=1S/C20H21N3O3/c1-11-7-12(2)22-20(25)17(11)10-21-19(24)16-8-14-5-6-15(26-4)9-18(14)23-13(16)3/h5-9H,10H2,1-4H3,(H,21,24)(H,22,25). The van der Waals surface area contributed by atoms with Gasteiger partial charge in [-0.05, 0) is 50.6 Å². The van der Waals surface area contributed by atoms with Crippen molar-refractivity contribution in [1.82, 2.24) is 15.3 Å². The summed E-state index contributed by atoms with van der Waals surface area (Å²) in [6.07, 6.45) is 0. The molecule has 1 aromatic carbocycles. The van der Waals surface area contributed by atoms with Crippen LogP contribution in [0.2, 0.25) is 0 Å². The number of carbonyl (C=O) groups is 1. The molecule has 2 aromatic heterocycles. The Kier molecular flexibility index (Phi) is 4.75. The van der Waals surface area contributed by atoms with Crippen LogP contribution in [0.3, 0.4) is 0 Å². The number of nitrogens with zero attached hydrogens (tertiary/aromatic N) is 1. The predicted molar refractivity (Wildman–Crippen MR) is 101 cm³/mol. The molecule has 2 N–H and O–H groups in total. The van der Waals surface area contributed by atoms with Gasteiger partial charge in [-0.3, -0.25) is 14.6 Å². The van der Waals surface area contributed by atoms with Crippen molar-refractivity contribution in [2.45, 2.75) is 27.3 Å². The minimum absolute atomic E-state index is 0.167. The number of fused-ring (bicyclic) bond motifs is 1. The van der Waals surface area contributed by atoms with Gasteiger partial charge in [-0.1, -0.05) is 0 Å². The number of rotatable bonds is 4. The Morgan fingerprint density at radius 2 is 1.96 bits per heavy atom. The SMILES string of the molecule is COc1ccc2cc(C(=O)NCc3c(C)cc(C)[nH]c3=O)c(C)nc2c1. The van der Waals surface area contributed by atoms with Gasteiger partial charge in [0.15, 0.2) is 0 Å². The molecule has 0 radical (unpaired) electrons. The molecule has 2 heterocycles.